The Balaban J connectivity index is 1.71. The molecule has 0 N–H and O–H groups in total. The zero-order valence-electron chi connectivity index (χ0n) is 15.2. The zero-order valence-corrected chi connectivity index (χ0v) is 15.2. The summed E-state index contributed by atoms with van der Waals surface area (Å²) in [6, 6.07) is 16.2. The molecule has 1 heterocycles. The first kappa shape index (κ1) is 17.3. The summed E-state index contributed by atoms with van der Waals surface area (Å²) in [6.45, 7) is 7.44. The smallest absolute Gasteiger partial charge is 0.167 e. The summed E-state index contributed by atoms with van der Waals surface area (Å²) in [4.78, 5) is 12.5. The minimum Gasteiger partial charge on any atom is -0.493 e. The van der Waals surface area contributed by atoms with Gasteiger partial charge in [0.05, 0.1) is 6.61 Å². The highest BCUT2D eigenvalue weighted by Gasteiger charge is 2.17. The second kappa shape index (κ2) is 7.56. The van der Waals surface area contributed by atoms with Crippen LogP contribution in [0.4, 0.5) is 0 Å². The van der Waals surface area contributed by atoms with E-state index in [1.807, 2.05) is 56.4 Å². The number of hydrogen-bond acceptors (Lipinski definition) is 2. The van der Waals surface area contributed by atoms with Gasteiger partial charge in [-0.15, -0.1) is 0 Å². The number of carbonyl (C=O) groups is 1. The van der Waals surface area contributed by atoms with Crippen molar-refractivity contribution in [3.05, 3.63) is 65.9 Å². The lowest BCUT2D eigenvalue weighted by atomic mass is 10.0. The molecule has 0 unspecified atom stereocenters. The van der Waals surface area contributed by atoms with Gasteiger partial charge in [0, 0.05) is 35.1 Å². The van der Waals surface area contributed by atoms with Crippen LogP contribution in [-0.2, 0) is 6.54 Å². The monoisotopic (exact) mass is 335 g/mol. The summed E-state index contributed by atoms with van der Waals surface area (Å²) in [7, 11) is 0. The maximum atomic E-state index is 12.5. The molecule has 0 spiro atoms. The number of para-hydroxylation sites is 2. The number of rotatable bonds is 7. The van der Waals surface area contributed by atoms with Crippen molar-refractivity contribution in [1.29, 1.82) is 0 Å². The fourth-order valence-corrected chi connectivity index (χ4v) is 3.07. The molecular formula is C22H25NO2. The Kier molecular flexibility index (Phi) is 5.22. The molecule has 0 aliphatic rings. The fraction of sp³-hybridized carbons (Fsp3) is 0.318. The first-order valence-corrected chi connectivity index (χ1v) is 8.88. The van der Waals surface area contributed by atoms with Crippen LogP contribution in [0.3, 0.4) is 0 Å². The first-order chi connectivity index (χ1) is 12.1. The van der Waals surface area contributed by atoms with Crippen LogP contribution in [0.5, 0.6) is 5.75 Å². The number of benzene rings is 2. The van der Waals surface area contributed by atoms with E-state index >= 15 is 0 Å². The molecule has 0 atom stereocenters. The number of fused-ring (bicyclic) bond motifs is 1. The van der Waals surface area contributed by atoms with Crippen LogP contribution >= 0.6 is 0 Å². The van der Waals surface area contributed by atoms with Crippen LogP contribution in [0.25, 0.3) is 10.9 Å². The van der Waals surface area contributed by atoms with E-state index in [0.717, 1.165) is 40.7 Å². The Morgan fingerprint density at radius 1 is 1.08 bits per heavy atom. The van der Waals surface area contributed by atoms with E-state index in [0.29, 0.717) is 6.61 Å². The average molecular weight is 335 g/mol. The van der Waals surface area contributed by atoms with Gasteiger partial charge < -0.3 is 9.30 Å². The van der Waals surface area contributed by atoms with Crippen LogP contribution < -0.4 is 4.74 Å². The minimum absolute atomic E-state index is 0.00338. The number of aryl methyl sites for hydroxylation is 2. The number of hydrogen-bond donors (Lipinski definition) is 0. The van der Waals surface area contributed by atoms with Crippen LogP contribution in [0.15, 0.2) is 54.7 Å². The molecule has 0 saturated heterocycles. The molecule has 3 heteroatoms. The molecule has 25 heavy (non-hydrogen) atoms. The Morgan fingerprint density at radius 2 is 1.80 bits per heavy atom. The van der Waals surface area contributed by atoms with E-state index < -0.39 is 0 Å². The number of Topliss-reactive ketones (excluding diaryl/α,β-unsaturated/α-hetero) is 1. The molecule has 0 saturated carbocycles. The highest BCUT2D eigenvalue weighted by atomic mass is 16.5. The molecule has 130 valence electrons. The maximum Gasteiger partial charge on any atom is 0.167 e. The highest BCUT2D eigenvalue weighted by Crippen LogP contribution is 2.24. The second-order valence-electron chi connectivity index (χ2n) is 6.74. The molecule has 1 aromatic heterocycles. The molecule has 3 rings (SSSR count). The highest BCUT2D eigenvalue weighted by molar-refractivity contribution is 6.08. The standard InChI is InChI=1S/C22H25NO2/c1-16(2)22(24)19-15-23(20-11-6-5-10-18(19)20)13-8-14-25-21-12-7-4-9-17(21)3/h4-7,9-12,15-16H,8,13-14H2,1-3H3. The van der Waals surface area contributed by atoms with Gasteiger partial charge in [-0.05, 0) is 31.0 Å². The van der Waals surface area contributed by atoms with Gasteiger partial charge in [0.15, 0.2) is 5.78 Å². The van der Waals surface area contributed by atoms with Gasteiger partial charge in [0.2, 0.25) is 0 Å². The Morgan fingerprint density at radius 3 is 2.56 bits per heavy atom. The van der Waals surface area contributed by atoms with Gasteiger partial charge in [0.25, 0.3) is 0 Å². The van der Waals surface area contributed by atoms with Crippen LogP contribution in [0, 0.1) is 12.8 Å². The molecule has 3 nitrogen and oxygen atoms in total. The minimum atomic E-state index is 0.00338. The van der Waals surface area contributed by atoms with E-state index in [1.54, 1.807) is 0 Å². The van der Waals surface area contributed by atoms with Crippen molar-refractivity contribution in [3.8, 4) is 5.75 Å². The summed E-state index contributed by atoms with van der Waals surface area (Å²) in [5, 5.41) is 1.04. The molecule has 0 aliphatic carbocycles. The molecule has 3 aromatic rings. The van der Waals surface area contributed by atoms with E-state index in [1.165, 1.54) is 0 Å². The number of nitrogens with zero attached hydrogens (tertiary/aromatic N) is 1. The second-order valence-corrected chi connectivity index (χ2v) is 6.74. The predicted molar refractivity (Wildman–Crippen MR) is 102 cm³/mol. The lowest BCUT2D eigenvalue weighted by molar-refractivity contribution is 0.0941. The number of aromatic nitrogens is 1. The van der Waals surface area contributed by atoms with Crippen molar-refractivity contribution in [2.45, 2.75) is 33.7 Å². The van der Waals surface area contributed by atoms with Gasteiger partial charge in [-0.2, -0.15) is 0 Å². The van der Waals surface area contributed by atoms with Crippen molar-refractivity contribution in [1.82, 2.24) is 4.57 Å². The molecule has 0 fully saturated rings. The average Bonchev–Trinajstić information content (AvgIpc) is 2.98. The van der Waals surface area contributed by atoms with Crippen molar-refractivity contribution in [2.75, 3.05) is 6.61 Å². The van der Waals surface area contributed by atoms with E-state index in [4.69, 9.17) is 4.74 Å². The van der Waals surface area contributed by atoms with E-state index in [-0.39, 0.29) is 11.7 Å². The Bertz CT molecular complexity index is 877. The van der Waals surface area contributed by atoms with Gasteiger partial charge in [-0.3, -0.25) is 4.79 Å². The zero-order chi connectivity index (χ0) is 17.8. The number of ether oxygens (including phenoxy) is 1. The Hall–Kier alpha value is -2.55. The maximum absolute atomic E-state index is 12.5. The molecule has 0 aliphatic heterocycles. The van der Waals surface area contributed by atoms with Gasteiger partial charge >= 0.3 is 0 Å². The summed E-state index contributed by atoms with van der Waals surface area (Å²) in [6.07, 6.45) is 2.89. The molecular weight excluding hydrogens is 310 g/mol. The molecule has 0 bridgehead atoms. The summed E-state index contributed by atoms with van der Waals surface area (Å²) < 4.78 is 8.06. The lowest BCUT2D eigenvalue weighted by Crippen LogP contribution is -2.07. The fourth-order valence-electron chi connectivity index (χ4n) is 3.07. The van der Waals surface area contributed by atoms with Crippen molar-refractivity contribution < 1.29 is 9.53 Å². The van der Waals surface area contributed by atoms with E-state index in [9.17, 15) is 4.79 Å². The van der Waals surface area contributed by atoms with Crippen LogP contribution in [-0.4, -0.2) is 17.0 Å². The predicted octanol–water partition coefficient (Wildman–Crippen LogP) is 5.26. The van der Waals surface area contributed by atoms with Gasteiger partial charge in [-0.1, -0.05) is 50.2 Å². The lowest BCUT2D eigenvalue weighted by Gasteiger charge is -2.09. The Labute approximate surface area is 149 Å². The van der Waals surface area contributed by atoms with Crippen molar-refractivity contribution >= 4 is 16.7 Å². The van der Waals surface area contributed by atoms with E-state index in [2.05, 4.69) is 23.6 Å². The number of ketones is 1. The van der Waals surface area contributed by atoms with Crippen molar-refractivity contribution in [3.63, 3.8) is 0 Å². The summed E-state index contributed by atoms with van der Waals surface area (Å²) in [5.74, 6) is 1.14. The first-order valence-electron chi connectivity index (χ1n) is 8.88. The summed E-state index contributed by atoms with van der Waals surface area (Å²) >= 11 is 0. The molecule has 2 aromatic carbocycles. The quantitative estimate of drug-likeness (QED) is 0.436. The summed E-state index contributed by atoms with van der Waals surface area (Å²) in [5.41, 5.74) is 3.09. The normalized spacial score (nSPS) is 11.2. The third-order valence-corrected chi connectivity index (χ3v) is 4.47. The third-order valence-electron chi connectivity index (χ3n) is 4.47. The SMILES string of the molecule is Cc1ccccc1OCCCn1cc(C(=O)C(C)C)c2ccccc21. The van der Waals surface area contributed by atoms with Crippen molar-refractivity contribution in [2.24, 2.45) is 5.92 Å². The topological polar surface area (TPSA) is 31.2 Å². The van der Waals surface area contributed by atoms with Crippen LogP contribution in [0.2, 0.25) is 0 Å². The van der Waals surface area contributed by atoms with Crippen LogP contribution in [0.1, 0.15) is 36.2 Å². The number of carbonyl (C=O) groups excluding carboxylic acids is 1. The van der Waals surface area contributed by atoms with Gasteiger partial charge in [-0.25, -0.2) is 0 Å². The molecule has 0 radical (unpaired) electrons. The largest absolute Gasteiger partial charge is 0.493 e. The molecule has 0 amide bonds. The van der Waals surface area contributed by atoms with Gasteiger partial charge in [0.1, 0.15) is 5.75 Å². The third kappa shape index (κ3) is 3.76.